The lowest BCUT2D eigenvalue weighted by atomic mass is 10.0. The van der Waals surface area contributed by atoms with Gasteiger partial charge in [-0.05, 0) is 19.4 Å². The van der Waals surface area contributed by atoms with Crippen LogP contribution in [0.2, 0.25) is 0 Å². The van der Waals surface area contributed by atoms with E-state index >= 15 is 0 Å². The summed E-state index contributed by atoms with van der Waals surface area (Å²) < 4.78 is 10.6. The van der Waals surface area contributed by atoms with Crippen molar-refractivity contribution in [3.8, 4) is 0 Å². The van der Waals surface area contributed by atoms with Crippen molar-refractivity contribution in [1.29, 1.82) is 0 Å². The number of aromatic nitrogens is 3. The molecule has 0 amide bonds. The largest absolute Gasteiger partial charge is 0.454 e. The summed E-state index contributed by atoms with van der Waals surface area (Å²) in [6.07, 6.45) is 4.01. The Bertz CT molecular complexity index is 1260. The van der Waals surface area contributed by atoms with Crippen LogP contribution in [0, 0.1) is 13.8 Å². The lowest BCUT2D eigenvalue weighted by Gasteiger charge is -2.11. The van der Waals surface area contributed by atoms with Crippen LogP contribution >= 0.6 is 11.3 Å². The second kappa shape index (κ2) is 4.11. The van der Waals surface area contributed by atoms with E-state index in [1.165, 1.54) is 32.2 Å². The molecule has 4 heterocycles. The van der Waals surface area contributed by atoms with Crippen molar-refractivity contribution in [1.82, 2.24) is 9.55 Å². The fourth-order valence-corrected chi connectivity index (χ4v) is 4.57. The first-order valence-electron chi connectivity index (χ1n) is 7.61. The average molecular weight is 322 g/mol. The quantitative estimate of drug-likeness (QED) is 0.317. The summed E-state index contributed by atoms with van der Waals surface area (Å²) in [5.41, 5.74) is 5.57. The molecule has 1 aromatic carbocycles. The minimum Gasteiger partial charge on any atom is -0.454 e. The molecule has 0 atom stereocenters. The van der Waals surface area contributed by atoms with Gasteiger partial charge in [-0.2, -0.15) is 0 Å². The number of benzene rings is 1. The maximum absolute atomic E-state index is 6.33. The maximum atomic E-state index is 6.33. The van der Waals surface area contributed by atoms with Crippen LogP contribution in [0.15, 0.2) is 29.1 Å². The fraction of sp³-hybridized carbons (Fsp3) is 0.222. The van der Waals surface area contributed by atoms with Gasteiger partial charge in [0.25, 0.3) is 0 Å². The predicted octanol–water partition coefficient (Wildman–Crippen LogP) is 4.13. The highest BCUT2D eigenvalue weighted by Gasteiger charge is 2.21. The van der Waals surface area contributed by atoms with Crippen molar-refractivity contribution >= 4 is 54.5 Å². The molecular weight excluding hydrogens is 306 g/mol. The van der Waals surface area contributed by atoms with Crippen molar-refractivity contribution in [3.63, 3.8) is 0 Å². The molecule has 0 N–H and O–H groups in total. The van der Waals surface area contributed by atoms with Crippen LogP contribution in [0.4, 0.5) is 0 Å². The summed E-state index contributed by atoms with van der Waals surface area (Å²) in [6, 6.07) is 4.34. The molecule has 0 aliphatic heterocycles. The minimum absolute atomic E-state index is 0.939. The molecule has 5 heteroatoms. The van der Waals surface area contributed by atoms with Gasteiger partial charge in [0.05, 0.1) is 28.7 Å². The summed E-state index contributed by atoms with van der Waals surface area (Å²) >= 11 is 1.70. The van der Waals surface area contributed by atoms with E-state index in [-0.39, 0.29) is 0 Å². The summed E-state index contributed by atoms with van der Waals surface area (Å²) in [7, 11) is 4.13. The van der Waals surface area contributed by atoms with E-state index in [0.29, 0.717) is 0 Å². The molecule has 0 saturated carbocycles. The summed E-state index contributed by atoms with van der Waals surface area (Å²) in [4.78, 5) is 6.79. The molecule has 23 heavy (non-hydrogen) atoms. The van der Waals surface area contributed by atoms with Gasteiger partial charge in [0.2, 0.25) is 5.52 Å². The second-order valence-electron chi connectivity index (χ2n) is 6.21. The summed E-state index contributed by atoms with van der Waals surface area (Å²) in [5, 5.41) is 3.60. The lowest BCUT2D eigenvalue weighted by Crippen LogP contribution is -2.24. The molecule has 5 rings (SSSR count). The molecule has 0 bridgehead atoms. The first-order valence-corrected chi connectivity index (χ1v) is 8.42. The van der Waals surface area contributed by atoms with Crippen LogP contribution in [0.5, 0.6) is 0 Å². The average Bonchev–Trinajstić information content (AvgIpc) is 3.05. The van der Waals surface area contributed by atoms with Gasteiger partial charge in [0, 0.05) is 23.4 Å². The Morgan fingerprint density at radius 3 is 2.91 bits per heavy atom. The van der Waals surface area contributed by atoms with E-state index < -0.39 is 0 Å². The number of aryl methyl sites for hydroxylation is 4. The zero-order chi connectivity index (χ0) is 15.9. The fourth-order valence-electron chi connectivity index (χ4n) is 3.65. The van der Waals surface area contributed by atoms with E-state index in [1.807, 2.05) is 6.33 Å². The van der Waals surface area contributed by atoms with Crippen LogP contribution in [-0.2, 0) is 14.1 Å². The van der Waals surface area contributed by atoms with Gasteiger partial charge in [0.1, 0.15) is 17.5 Å². The van der Waals surface area contributed by atoms with Crippen LogP contribution in [0.3, 0.4) is 0 Å². The highest BCUT2D eigenvalue weighted by atomic mass is 32.1. The smallest absolute Gasteiger partial charge is 0.216 e. The third-order valence-electron chi connectivity index (χ3n) is 4.81. The van der Waals surface area contributed by atoms with Crippen LogP contribution < -0.4 is 4.57 Å². The van der Waals surface area contributed by atoms with Crippen LogP contribution in [-0.4, -0.2) is 9.55 Å². The van der Waals surface area contributed by atoms with Gasteiger partial charge in [-0.25, -0.2) is 9.55 Å². The first-order chi connectivity index (χ1) is 11.1. The maximum Gasteiger partial charge on any atom is 0.216 e. The van der Waals surface area contributed by atoms with Crippen molar-refractivity contribution < 1.29 is 8.98 Å². The molecule has 0 aliphatic carbocycles. The number of hydrogen-bond acceptors (Lipinski definition) is 3. The molecule has 0 fully saturated rings. The van der Waals surface area contributed by atoms with Crippen LogP contribution in [0.25, 0.3) is 43.2 Å². The Morgan fingerprint density at radius 2 is 2.09 bits per heavy atom. The molecule has 0 saturated heterocycles. The van der Waals surface area contributed by atoms with Crippen LogP contribution in [0.1, 0.15) is 10.4 Å². The number of thiophene rings is 1. The van der Waals surface area contributed by atoms with Gasteiger partial charge in [-0.15, -0.1) is 11.3 Å². The van der Waals surface area contributed by atoms with Crippen molar-refractivity contribution in [2.24, 2.45) is 14.1 Å². The van der Waals surface area contributed by atoms with E-state index in [9.17, 15) is 0 Å². The van der Waals surface area contributed by atoms with Crippen molar-refractivity contribution in [2.45, 2.75) is 13.8 Å². The van der Waals surface area contributed by atoms with E-state index in [0.717, 1.165) is 21.4 Å². The van der Waals surface area contributed by atoms with E-state index in [4.69, 9.17) is 4.42 Å². The van der Waals surface area contributed by atoms with Gasteiger partial charge >= 0.3 is 0 Å². The van der Waals surface area contributed by atoms with Gasteiger partial charge in [-0.1, -0.05) is 0 Å². The molecule has 0 radical (unpaired) electrons. The lowest BCUT2D eigenvalue weighted by molar-refractivity contribution is -0.642. The molecule has 5 aromatic rings. The number of nitrogens with zero attached hydrogens (tertiary/aromatic N) is 3. The van der Waals surface area contributed by atoms with Gasteiger partial charge < -0.3 is 8.98 Å². The molecule has 4 aromatic heterocycles. The van der Waals surface area contributed by atoms with Crippen molar-refractivity contribution in [2.75, 3.05) is 0 Å². The van der Waals surface area contributed by atoms with E-state index in [1.54, 1.807) is 11.3 Å². The zero-order valence-electron chi connectivity index (χ0n) is 13.5. The minimum atomic E-state index is 0.939. The van der Waals surface area contributed by atoms with E-state index in [2.05, 4.69) is 60.4 Å². The Kier molecular flexibility index (Phi) is 2.34. The Labute approximate surface area is 136 Å². The Morgan fingerprint density at radius 1 is 1.26 bits per heavy atom. The normalized spacial score (nSPS) is 12.3. The van der Waals surface area contributed by atoms with Gasteiger partial charge in [0.15, 0.2) is 11.8 Å². The highest BCUT2D eigenvalue weighted by molar-refractivity contribution is 7.19. The number of hydrogen-bond donors (Lipinski definition) is 0. The summed E-state index contributed by atoms with van der Waals surface area (Å²) in [5.74, 6) is 0. The Balaban J connectivity index is 2.20. The highest BCUT2D eigenvalue weighted by Crippen LogP contribution is 2.40. The van der Waals surface area contributed by atoms with Gasteiger partial charge in [-0.3, -0.25) is 0 Å². The standard InChI is InChI=1S/C18H16N3OS/c1-9-11-5-6-20(3)12(11)7-13-14(9)16-15-17(22-13)10(2)23-18(15)19-8-21(16)4/h5-8H,1-4H3/q+1. The molecular formula is C18H16N3OS+. The number of fused-ring (bicyclic) bond motifs is 3. The zero-order valence-corrected chi connectivity index (χ0v) is 14.3. The first kappa shape index (κ1) is 13.1. The SMILES string of the molecule is Cc1sc2ncn(C)c3c4c(C)c5cc[n+](C)c5cc4oc1c23. The third kappa shape index (κ3) is 1.50. The molecule has 0 unspecified atom stereocenters. The molecule has 114 valence electrons. The molecule has 0 spiro atoms. The summed E-state index contributed by atoms with van der Waals surface area (Å²) in [6.45, 7) is 4.28. The second-order valence-corrected chi connectivity index (χ2v) is 7.41. The Hall–Kier alpha value is -2.40. The number of rotatable bonds is 0. The molecule has 4 nitrogen and oxygen atoms in total. The molecule has 0 aliphatic rings. The van der Waals surface area contributed by atoms with Crippen molar-refractivity contribution in [3.05, 3.63) is 35.1 Å². The predicted molar refractivity (Wildman–Crippen MR) is 94.0 cm³/mol. The third-order valence-corrected chi connectivity index (χ3v) is 5.81. The topological polar surface area (TPSA) is 34.8 Å². The monoisotopic (exact) mass is 322 g/mol.